The van der Waals surface area contributed by atoms with Gasteiger partial charge in [-0.1, -0.05) is 6.07 Å². The summed E-state index contributed by atoms with van der Waals surface area (Å²) in [5, 5.41) is 0. The molecular weight excluding hydrogens is 478 g/mol. The van der Waals surface area contributed by atoms with Crippen molar-refractivity contribution in [3.8, 4) is 11.5 Å². The predicted octanol–water partition coefficient (Wildman–Crippen LogP) is 2.95. The summed E-state index contributed by atoms with van der Waals surface area (Å²) in [6.45, 7) is 3.81. The van der Waals surface area contributed by atoms with Crippen LogP contribution < -0.4 is 24.8 Å². The number of hydrogen-bond donors (Lipinski definition) is 1. The monoisotopic (exact) mass is 515 g/mol. The Labute approximate surface area is 218 Å². The maximum absolute atomic E-state index is 13.1. The third-order valence-electron chi connectivity index (χ3n) is 6.19. The molecule has 3 rings (SSSR count). The summed E-state index contributed by atoms with van der Waals surface area (Å²) in [7, 11) is 8.81. The first-order chi connectivity index (χ1) is 17.6. The summed E-state index contributed by atoms with van der Waals surface area (Å²) in [5.74, 6) is 0.611. The second-order valence-corrected chi connectivity index (χ2v) is 9.30. The molecule has 1 aromatic heterocycles. The highest BCUT2D eigenvalue weighted by Crippen LogP contribution is 2.39. The number of benzene rings is 1. The lowest BCUT2D eigenvalue weighted by atomic mass is 9.79. The molecule has 3 atom stereocenters. The minimum Gasteiger partial charge on any atom is -0.493 e. The molecular formula is C26H37N5O6. The van der Waals surface area contributed by atoms with Crippen LogP contribution in [0, 0.1) is 0 Å². The smallest absolute Gasteiger partial charge is 0.377 e. The van der Waals surface area contributed by atoms with Gasteiger partial charge >= 0.3 is 11.9 Å². The van der Waals surface area contributed by atoms with Gasteiger partial charge in [0, 0.05) is 41.0 Å². The summed E-state index contributed by atoms with van der Waals surface area (Å²) < 4.78 is 16.7. The van der Waals surface area contributed by atoms with Gasteiger partial charge in [0.15, 0.2) is 17.2 Å². The molecule has 1 aliphatic rings. The molecule has 3 unspecified atom stereocenters. The molecule has 11 nitrogen and oxygen atoms in total. The van der Waals surface area contributed by atoms with Gasteiger partial charge in [0.05, 0.1) is 31.6 Å². The molecule has 1 aromatic carbocycles. The minimum atomic E-state index is -0.611. The quantitative estimate of drug-likeness (QED) is 0.372. The van der Waals surface area contributed by atoms with E-state index in [0.717, 1.165) is 5.56 Å². The van der Waals surface area contributed by atoms with Crippen molar-refractivity contribution in [1.82, 2.24) is 15.4 Å². The molecule has 1 aliphatic carbocycles. The van der Waals surface area contributed by atoms with Crippen LogP contribution in [-0.2, 0) is 14.4 Å². The normalized spacial score (nSPS) is 19.1. The molecule has 0 aliphatic heterocycles. The highest BCUT2D eigenvalue weighted by Gasteiger charge is 2.35. The number of esters is 1. The third-order valence-corrected chi connectivity index (χ3v) is 6.19. The average molecular weight is 516 g/mol. The van der Waals surface area contributed by atoms with Crippen LogP contribution in [-0.4, -0.2) is 76.0 Å². The first-order valence-corrected chi connectivity index (χ1v) is 12.3. The summed E-state index contributed by atoms with van der Waals surface area (Å²) in [5.41, 5.74) is 4.64. The van der Waals surface area contributed by atoms with Crippen molar-refractivity contribution in [3.63, 3.8) is 0 Å². The molecule has 37 heavy (non-hydrogen) atoms. The van der Waals surface area contributed by atoms with Gasteiger partial charge < -0.3 is 28.8 Å². The zero-order chi connectivity index (χ0) is 27.1. The lowest BCUT2D eigenvalue weighted by molar-refractivity contribution is -0.148. The maximum Gasteiger partial charge on any atom is 0.377 e. The highest BCUT2D eigenvalue weighted by atomic mass is 16.7. The molecule has 202 valence electrons. The van der Waals surface area contributed by atoms with Crippen molar-refractivity contribution in [3.05, 3.63) is 35.7 Å². The lowest BCUT2D eigenvalue weighted by Crippen LogP contribution is -2.42. The van der Waals surface area contributed by atoms with Crippen LogP contribution in [0.5, 0.6) is 11.5 Å². The number of hydroxylamine groups is 1. The minimum absolute atomic E-state index is 0.118. The van der Waals surface area contributed by atoms with E-state index in [4.69, 9.17) is 19.0 Å². The fourth-order valence-electron chi connectivity index (χ4n) is 4.41. The molecule has 1 heterocycles. The van der Waals surface area contributed by atoms with Crippen LogP contribution in [0.3, 0.4) is 0 Å². The number of ether oxygens (including phenoxy) is 3. The van der Waals surface area contributed by atoms with E-state index in [1.165, 1.54) is 6.92 Å². The maximum atomic E-state index is 13.1. The van der Waals surface area contributed by atoms with Crippen LogP contribution in [0.25, 0.3) is 0 Å². The van der Waals surface area contributed by atoms with Gasteiger partial charge in [0.25, 0.3) is 0 Å². The number of methoxy groups -OCH3 is 1. The predicted molar refractivity (Wildman–Crippen MR) is 139 cm³/mol. The van der Waals surface area contributed by atoms with Gasteiger partial charge in [0.2, 0.25) is 5.95 Å². The topological polar surface area (TPSA) is 115 Å². The average Bonchev–Trinajstić information content (AvgIpc) is 2.87. The molecule has 0 saturated heterocycles. The highest BCUT2D eigenvalue weighted by molar-refractivity contribution is 5.93. The van der Waals surface area contributed by atoms with E-state index in [1.807, 2.05) is 39.2 Å². The van der Waals surface area contributed by atoms with Crippen molar-refractivity contribution in [1.29, 1.82) is 0 Å². The second-order valence-electron chi connectivity index (χ2n) is 9.30. The zero-order valence-corrected chi connectivity index (χ0v) is 22.6. The first kappa shape index (κ1) is 28.0. The summed E-state index contributed by atoms with van der Waals surface area (Å²) >= 11 is 0. The Morgan fingerprint density at radius 3 is 2.49 bits per heavy atom. The molecule has 2 aromatic rings. The number of anilines is 2. The number of aromatic nitrogens is 2. The van der Waals surface area contributed by atoms with Gasteiger partial charge in [-0.15, -0.1) is 5.48 Å². The van der Waals surface area contributed by atoms with Crippen molar-refractivity contribution in [2.24, 2.45) is 0 Å². The number of rotatable bonds is 10. The molecule has 1 N–H and O–H groups in total. The van der Waals surface area contributed by atoms with E-state index in [2.05, 4.69) is 15.4 Å². The molecule has 1 saturated carbocycles. The van der Waals surface area contributed by atoms with E-state index in [0.29, 0.717) is 49.0 Å². The summed E-state index contributed by atoms with van der Waals surface area (Å²) in [6, 6.07) is 5.51. The van der Waals surface area contributed by atoms with Gasteiger partial charge in [-0.05, 0) is 43.9 Å². The van der Waals surface area contributed by atoms with Crippen LogP contribution in [0.15, 0.2) is 24.4 Å². The van der Waals surface area contributed by atoms with E-state index >= 15 is 0 Å². The van der Waals surface area contributed by atoms with Crippen LogP contribution in [0.4, 0.5) is 11.6 Å². The number of nitrogens with zero attached hydrogens (tertiary/aromatic N) is 4. The molecule has 0 bridgehead atoms. The fraction of sp³-hybridized carbons (Fsp3) is 0.538. The molecule has 0 radical (unpaired) electrons. The SMILES string of the molecule is CCOc1cc(C2CC(OC(C)=O)CCC2NOC(=O)c2nc(N(C)C)ncc2N(C)C)ccc1OC. The Morgan fingerprint density at radius 2 is 1.86 bits per heavy atom. The molecule has 0 amide bonds. The second kappa shape index (κ2) is 12.6. The third kappa shape index (κ3) is 7.00. The number of nitrogens with one attached hydrogen (secondary N) is 1. The number of carbonyl (C=O) groups excluding carboxylic acids is 2. The van der Waals surface area contributed by atoms with Crippen molar-refractivity contribution < 1.29 is 28.6 Å². The van der Waals surface area contributed by atoms with Crippen LogP contribution >= 0.6 is 0 Å². The Kier molecular flexibility index (Phi) is 9.51. The number of carbonyl (C=O) groups is 2. The van der Waals surface area contributed by atoms with E-state index in [-0.39, 0.29) is 29.7 Å². The Balaban J connectivity index is 1.85. The van der Waals surface area contributed by atoms with Gasteiger partial charge in [-0.2, -0.15) is 0 Å². The number of hydrogen-bond acceptors (Lipinski definition) is 11. The van der Waals surface area contributed by atoms with Gasteiger partial charge in [0.1, 0.15) is 6.10 Å². The Bertz CT molecular complexity index is 1090. The largest absolute Gasteiger partial charge is 0.493 e. The molecule has 1 fully saturated rings. The first-order valence-electron chi connectivity index (χ1n) is 12.3. The van der Waals surface area contributed by atoms with Crippen LogP contribution in [0.1, 0.15) is 55.1 Å². The standard InChI is InChI=1S/C26H37N5O6/c1-8-35-23-13-17(9-12-22(23)34-7)19-14-18(36-16(2)32)10-11-20(19)29-37-25(33)24-21(30(3)4)15-27-26(28-24)31(5)6/h9,12-13,15,18-20,29H,8,10-11,14H2,1-7H3. The lowest BCUT2D eigenvalue weighted by Gasteiger charge is -2.36. The van der Waals surface area contributed by atoms with E-state index in [9.17, 15) is 9.59 Å². The van der Waals surface area contributed by atoms with Crippen molar-refractivity contribution in [2.45, 2.75) is 51.2 Å². The molecule has 11 heteroatoms. The summed E-state index contributed by atoms with van der Waals surface area (Å²) in [4.78, 5) is 42.5. The van der Waals surface area contributed by atoms with Crippen LogP contribution in [0.2, 0.25) is 0 Å². The Hall–Kier alpha value is -3.60. The summed E-state index contributed by atoms with van der Waals surface area (Å²) in [6.07, 6.45) is 3.19. The van der Waals surface area contributed by atoms with E-state index in [1.54, 1.807) is 37.2 Å². The Morgan fingerprint density at radius 1 is 1.11 bits per heavy atom. The van der Waals surface area contributed by atoms with Gasteiger partial charge in [-0.25, -0.2) is 14.8 Å². The zero-order valence-electron chi connectivity index (χ0n) is 22.6. The van der Waals surface area contributed by atoms with Crippen molar-refractivity contribution >= 4 is 23.6 Å². The molecule has 0 spiro atoms. The van der Waals surface area contributed by atoms with Crippen molar-refractivity contribution in [2.75, 3.05) is 51.7 Å². The fourth-order valence-corrected chi connectivity index (χ4v) is 4.41. The van der Waals surface area contributed by atoms with E-state index < -0.39 is 5.97 Å². The van der Waals surface area contributed by atoms with Gasteiger partial charge in [-0.3, -0.25) is 4.79 Å².